The molecule has 0 fully saturated rings. The van der Waals surface area contributed by atoms with Crippen molar-refractivity contribution in [3.05, 3.63) is 42.2 Å². The summed E-state index contributed by atoms with van der Waals surface area (Å²) in [5, 5.41) is 8.81. The first-order valence-corrected chi connectivity index (χ1v) is 5.36. The topological polar surface area (TPSA) is 76.4 Å². The van der Waals surface area contributed by atoms with Crippen molar-refractivity contribution >= 4 is 11.8 Å². The zero-order valence-corrected chi connectivity index (χ0v) is 9.84. The first-order valence-electron chi connectivity index (χ1n) is 5.36. The average molecular weight is 247 g/mol. The Balaban J connectivity index is 1.81. The number of nitrogens with zero attached hydrogens (tertiary/aromatic N) is 1. The van der Waals surface area contributed by atoms with Gasteiger partial charge >= 0.3 is 6.03 Å². The van der Waals surface area contributed by atoms with Gasteiger partial charge in [-0.15, -0.1) is 0 Å². The smallest absolute Gasteiger partial charge is 0.320 e. The molecule has 0 spiro atoms. The van der Waals surface area contributed by atoms with Crippen LogP contribution in [0.25, 0.3) is 0 Å². The molecule has 6 nitrogen and oxygen atoms in total. The van der Waals surface area contributed by atoms with Crippen molar-refractivity contribution in [2.24, 2.45) is 0 Å². The van der Waals surface area contributed by atoms with Crippen LogP contribution in [0.3, 0.4) is 0 Å². The van der Waals surface area contributed by atoms with Gasteiger partial charge in [-0.2, -0.15) is 0 Å². The molecule has 0 saturated carbocycles. The van der Waals surface area contributed by atoms with E-state index in [4.69, 9.17) is 4.74 Å². The lowest BCUT2D eigenvalue weighted by atomic mass is 10.2. The first-order chi connectivity index (χ1) is 8.78. The zero-order chi connectivity index (χ0) is 12.8. The second kappa shape index (κ2) is 5.72. The van der Waals surface area contributed by atoms with E-state index in [0.29, 0.717) is 12.4 Å². The molecule has 0 aliphatic carbocycles. The number of carbonyl (C=O) groups excluding carboxylic acids is 1. The van der Waals surface area contributed by atoms with Gasteiger partial charge in [-0.3, -0.25) is 5.32 Å². The van der Waals surface area contributed by atoms with Gasteiger partial charge in [0.2, 0.25) is 0 Å². The summed E-state index contributed by atoms with van der Waals surface area (Å²) in [7, 11) is 1.61. The minimum Gasteiger partial charge on any atom is -0.497 e. The lowest BCUT2D eigenvalue weighted by Gasteiger charge is -2.06. The van der Waals surface area contributed by atoms with Crippen LogP contribution in [0.4, 0.5) is 10.6 Å². The van der Waals surface area contributed by atoms with Crippen molar-refractivity contribution in [2.75, 3.05) is 12.4 Å². The second-order valence-corrected chi connectivity index (χ2v) is 3.54. The number of hydrogen-bond donors (Lipinski definition) is 2. The maximum absolute atomic E-state index is 11.5. The second-order valence-electron chi connectivity index (χ2n) is 3.54. The van der Waals surface area contributed by atoms with E-state index >= 15 is 0 Å². The molecule has 1 heterocycles. The third-order valence-corrected chi connectivity index (χ3v) is 2.29. The van der Waals surface area contributed by atoms with Gasteiger partial charge in [-0.25, -0.2) is 4.79 Å². The molecule has 0 aliphatic heterocycles. The Bertz CT molecular complexity index is 494. The lowest BCUT2D eigenvalue weighted by molar-refractivity contribution is 0.251. The Morgan fingerprint density at radius 3 is 2.72 bits per heavy atom. The molecule has 0 bridgehead atoms. The van der Waals surface area contributed by atoms with Crippen molar-refractivity contribution < 1.29 is 14.1 Å². The molecule has 2 N–H and O–H groups in total. The monoisotopic (exact) mass is 247 g/mol. The highest BCUT2D eigenvalue weighted by atomic mass is 16.5. The van der Waals surface area contributed by atoms with Crippen LogP contribution in [0.1, 0.15) is 5.56 Å². The van der Waals surface area contributed by atoms with Crippen molar-refractivity contribution in [3.8, 4) is 5.75 Å². The predicted molar refractivity (Wildman–Crippen MR) is 65.4 cm³/mol. The molecular formula is C12H13N3O3. The van der Waals surface area contributed by atoms with Crippen LogP contribution in [0, 0.1) is 0 Å². The maximum Gasteiger partial charge on any atom is 0.320 e. The number of urea groups is 1. The van der Waals surface area contributed by atoms with Crippen LogP contribution in [0.2, 0.25) is 0 Å². The van der Waals surface area contributed by atoms with E-state index in [1.54, 1.807) is 13.2 Å². The van der Waals surface area contributed by atoms with Crippen LogP contribution in [-0.4, -0.2) is 18.3 Å². The van der Waals surface area contributed by atoms with Crippen LogP contribution in [0.15, 0.2) is 41.1 Å². The molecule has 0 saturated heterocycles. The maximum atomic E-state index is 11.5. The standard InChI is InChI=1S/C12H13N3O3/c1-17-10-4-2-9(3-5-10)8-13-12(16)14-11-6-7-18-15-11/h2-7H,8H2,1H3,(H2,13,14,15,16). The van der Waals surface area contributed by atoms with Crippen molar-refractivity contribution in [1.82, 2.24) is 10.5 Å². The molecule has 0 atom stereocenters. The van der Waals surface area contributed by atoms with Gasteiger partial charge in [0, 0.05) is 12.6 Å². The summed E-state index contributed by atoms with van der Waals surface area (Å²) in [4.78, 5) is 11.5. The van der Waals surface area contributed by atoms with E-state index in [9.17, 15) is 4.79 Å². The number of anilines is 1. The van der Waals surface area contributed by atoms with Crippen LogP contribution in [0.5, 0.6) is 5.75 Å². The number of methoxy groups -OCH3 is 1. The fourth-order valence-electron chi connectivity index (χ4n) is 1.36. The van der Waals surface area contributed by atoms with Gasteiger partial charge in [0.25, 0.3) is 0 Å². The van der Waals surface area contributed by atoms with E-state index in [1.807, 2.05) is 24.3 Å². The normalized spacial score (nSPS) is 9.83. The molecule has 18 heavy (non-hydrogen) atoms. The van der Waals surface area contributed by atoms with E-state index < -0.39 is 0 Å². The fraction of sp³-hybridized carbons (Fsp3) is 0.167. The zero-order valence-electron chi connectivity index (χ0n) is 9.84. The first kappa shape index (κ1) is 12.0. The summed E-state index contributed by atoms with van der Waals surface area (Å²) in [6.45, 7) is 0.424. The van der Waals surface area contributed by atoms with E-state index in [1.165, 1.54) is 6.26 Å². The Morgan fingerprint density at radius 2 is 2.11 bits per heavy atom. The number of ether oxygens (including phenoxy) is 1. The molecule has 1 aromatic carbocycles. The quantitative estimate of drug-likeness (QED) is 0.866. The lowest BCUT2D eigenvalue weighted by Crippen LogP contribution is -2.28. The van der Waals surface area contributed by atoms with E-state index in [2.05, 4.69) is 20.3 Å². The van der Waals surface area contributed by atoms with Gasteiger partial charge in [0.05, 0.1) is 7.11 Å². The molecule has 0 radical (unpaired) electrons. The van der Waals surface area contributed by atoms with Gasteiger partial charge in [0.1, 0.15) is 12.0 Å². The average Bonchev–Trinajstić information content (AvgIpc) is 2.90. The van der Waals surface area contributed by atoms with Crippen LogP contribution >= 0.6 is 0 Å². The highest BCUT2D eigenvalue weighted by Crippen LogP contribution is 2.11. The number of amides is 2. The summed E-state index contributed by atoms with van der Waals surface area (Å²) >= 11 is 0. The Morgan fingerprint density at radius 1 is 1.33 bits per heavy atom. The number of hydrogen-bond acceptors (Lipinski definition) is 4. The van der Waals surface area contributed by atoms with Crippen molar-refractivity contribution in [1.29, 1.82) is 0 Å². The van der Waals surface area contributed by atoms with E-state index in [-0.39, 0.29) is 6.03 Å². The number of aromatic nitrogens is 1. The molecule has 2 aromatic rings. The third kappa shape index (κ3) is 3.24. The SMILES string of the molecule is COc1ccc(CNC(=O)Nc2ccon2)cc1. The number of carbonyl (C=O) groups is 1. The van der Waals surface area contributed by atoms with Gasteiger partial charge in [-0.05, 0) is 17.7 Å². The predicted octanol–water partition coefficient (Wildman–Crippen LogP) is 2.00. The summed E-state index contributed by atoms with van der Waals surface area (Å²) in [6, 6.07) is 8.68. The molecule has 2 amide bonds. The van der Waals surface area contributed by atoms with Gasteiger partial charge < -0.3 is 14.6 Å². The van der Waals surface area contributed by atoms with E-state index in [0.717, 1.165) is 11.3 Å². The molecule has 0 aliphatic rings. The molecule has 2 rings (SSSR count). The minimum atomic E-state index is -0.334. The summed E-state index contributed by atoms with van der Waals surface area (Å²) < 4.78 is 9.64. The highest BCUT2D eigenvalue weighted by Gasteiger charge is 2.03. The Hall–Kier alpha value is -2.50. The largest absolute Gasteiger partial charge is 0.497 e. The molecule has 94 valence electrons. The Labute approximate surface area is 104 Å². The van der Waals surface area contributed by atoms with Crippen molar-refractivity contribution in [2.45, 2.75) is 6.54 Å². The minimum absolute atomic E-state index is 0.334. The van der Waals surface area contributed by atoms with Gasteiger partial charge in [0.15, 0.2) is 5.82 Å². The number of rotatable bonds is 4. The highest BCUT2D eigenvalue weighted by molar-refractivity contribution is 5.87. The summed E-state index contributed by atoms with van der Waals surface area (Å²) in [5.41, 5.74) is 0.978. The third-order valence-electron chi connectivity index (χ3n) is 2.29. The van der Waals surface area contributed by atoms with Crippen LogP contribution in [-0.2, 0) is 6.54 Å². The molecule has 0 unspecified atom stereocenters. The molecule has 6 heteroatoms. The number of nitrogens with one attached hydrogen (secondary N) is 2. The summed E-state index contributed by atoms with van der Waals surface area (Å²) in [5.74, 6) is 1.16. The van der Waals surface area contributed by atoms with Crippen molar-refractivity contribution in [3.63, 3.8) is 0 Å². The van der Waals surface area contributed by atoms with Crippen LogP contribution < -0.4 is 15.4 Å². The Kier molecular flexibility index (Phi) is 3.80. The fourth-order valence-corrected chi connectivity index (χ4v) is 1.36. The molecule has 1 aromatic heterocycles. The molecular weight excluding hydrogens is 234 g/mol. The van der Waals surface area contributed by atoms with Gasteiger partial charge in [-0.1, -0.05) is 17.3 Å². The summed E-state index contributed by atoms with van der Waals surface area (Å²) in [6.07, 6.45) is 1.39. The number of benzene rings is 1.